The molecule has 0 aliphatic carbocycles. The SMILES string of the molecule is CCCOc1cc2c(cc1C(=O)C=Cc1c(OC)cc(OC)cc1OC)OCS2. The van der Waals surface area contributed by atoms with Crippen LogP contribution in [-0.2, 0) is 0 Å². The average Bonchev–Trinajstić information content (AvgIpc) is 3.21. The summed E-state index contributed by atoms with van der Waals surface area (Å²) in [5.74, 6) is 3.30. The lowest BCUT2D eigenvalue weighted by molar-refractivity contribution is 0.104. The Morgan fingerprint density at radius 1 is 1.07 bits per heavy atom. The number of ketones is 1. The van der Waals surface area contributed by atoms with Gasteiger partial charge in [-0.25, -0.2) is 0 Å². The van der Waals surface area contributed by atoms with Crippen LogP contribution in [0.25, 0.3) is 6.08 Å². The number of carbonyl (C=O) groups excluding carboxylic acids is 1. The number of hydrogen-bond donors (Lipinski definition) is 0. The van der Waals surface area contributed by atoms with E-state index in [9.17, 15) is 4.79 Å². The third kappa shape index (κ3) is 4.62. The third-order valence-corrected chi connectivity index (χ3v) is 5.22. The van der Waals surface area contributed by atoms with Crippen LogP contribution in [0.3, 0.4) is 0 Å². The zero-order valence-corrected chi connectivity index (χ0v) is 17.8. The van der Waals surface area contributed by atoms with E-state index in [0.717, 1.165) is 11.3 Å². The maximum absolute atomic E-state index is 13.0. The first-order valence-electron chi connectivity index (χ1n) is 9.20. The molecule has 1 heterocycles. The normalized spacial score (nSPS) is 12.4. The van der Waals surface area contributed by atoms with Gasteiger partial charge in [0.25, 0.3) is 0 Å². The van der Waals surface area contributed by atoms with Crippen LogP contribution in [0.15, 0.2) is 35.2 Å². The van der Waals surface area contributed by atoms with Crippen molar-refractivity contribution >= 4 is 23.6 Å². The van der Waals surface area contributed by atoms with Gasteiger partial charge in [0.2, 0.25) is 0 Å². The Kier molecular flexibility index (Phi) is 6.93. The Balaban J connectivity index is 1.95. The minimum Gasteiger partial charge on any atom is -0.496 e. The Bertz CT molecular complexity index is 897. The van der Waals surface area contributed by atoms with Gasteiger partial charge in [-0.1, -0.05) is 18.7 Å². The number of ether oxygens (including phenoxy) is 5. The van der Waals surface area contributed by atoms with E-state index in [1.165, 1.54) is 6.08 Å². The molecule has 2 aromatic carbocycles. The van der Waals surface area contributed by atoms with Gasteiger partial charge >= 0.3 is 0 Å². The molecule has 1 aliphatic rings. The van der Waals surface area contributed by atoms with Crippen LogP contribution in [0.2, 0.25) is 0 Å². The molecule has 154 valence electrons. The van der Waals surface area contributed by atoms with Gasteiger partial charge in [0.15, 0.2) is 5.78 Å². The highest BCUT2D eigenvalue weighted by Gasteiger charge is 2.20. The van der Waals surface area contributed by atoms with Gasteiger partial charge in [-0.3, -0.25) is 4.79 Å². The summed E-state index contributed by atoms with van der Waals surface area (Å²) in [4.78, 5) is 14.0. The molecule has 3 rings (SSSR count). The summed E-state index contributed by atoms with van der Waals surface area (Å²) in [5.41, 5.74) is 1.11. The highest BCUT2D eigenvalue weighted by atomic mass is 32.2. The summed E-state index contributed by atoms with van der Waals surface area (Å²) in [6, 6.07) is 7.10. The van der Waals surface area contributed by atoms with Crippen molar-refractivity contribution in [3.05, 3.63) is 41.5 Å². The first kappa shape index (κ1) is 20.9. The second-order valence-corrected chi connectivity index (χ2v) is 7.16. The van der Waals surface area contributed by atoms with Crippen molar-refractivity contribution in [3.8, 4) is 28.7 Å². The smallest absolute Gasteiger partial charge is 0.189 e. The summed E-state index contributed by atoms with van der Waals surface area (Å²) in [6.45, 7) is 2.56. The van der Waals surface area contributed by atoms with Crippen LogP contribution < -0.4 is 23.7 Å². The molecule has 29 heavy (non-hydrogen) atoms. The lowest BCUT2D eigenvalue weighted by Gasteiger charge is -2.13. The largest absolute Gasteiger partial charge is 0.496 e. The van der Waals surface area contributed by atoms with E-state index in [-0.39, 0.29) is 5.78 Å². The number of allylic oxidation sites excluding steroid dienone is 1. The van der Waals surface area contributed by atoms with Crippen LogP contribution >= 0.6 is 11.8 Å². The fraction of sp³-hybridized carbons (Fsp3) is 0.318. The van der Waals surface area contributed by atoms with Crippen molar-refractivity contribution in [2.75, 3.05) is 33.9 Å². The van der Waals surface area contributed by atoms with E-state index in [0.29, 0.717) is 52.4 Å². The molecule has 0 aromatic heterocycles. The number of rotatable bonds is 9. The fourth-order valence-corrected chi connectivity index (χ4v) is 3.66. The lowest BCUT2D eigenvalue weighted by atomic mass is 10.1. The maximum atomic E-state index is 13.0. The quantitative estimate of drug-likeness (QED) is 0.428. The molecule has 0 atom stereocenters. The Morgan fingerprint density at radius 3 is 2.41 bits per heavy atom. The molecule has 0 N–H and O–H groups in total. The maximum Gasteiger partial charge on any atom is 0.189 e. The molecule has 0 fully saturated rings. The summed E-state index contributed by atoms with van der Waals surface area (Å²) in [5, 5.41) is 0. The highest BCUT2D eigenvalue weighted by Crippen LogP contribution is 2.41. The number of fused-ring (bicyclic) bond motifs is 1. The minimum absolute atomic E-state index is 0.195. The number of hydrogen-bond acceptors (Lipinski definition) is 7. The number of thioether (sulfide) groups is 1. The summed E-state index contributed by atoms with van der Waals surface area (Å²) < 4.78 is 27.5. The number of carbonyl (C=O) groups is 1. The van der Waals surface area contributed by atoms with E-state index < -0.39 is 0 Å². The van der Waals surface area contributed by atoms with E-state index >= 15 is 0 Å². The van der Waals surface area contributed by atoms with Crippen LogP contribution in [0.1, 0.15) is 29.3 Å². The zero-order chi connectivity index (χ0) is 20.8. The van der Waals surface area contributed by atoms with Crippen LogP contribution in [-0.4, -0.2) is 39.7 Å². The summed E-state index contributed by atoms with van der Waals surface area (Å²) >= 11 is 1.58. The van der Waals surface area contributed by atoms with Gasteiger partial charge in [0.05, 0.1) is 44.0 Å². The van der Waals surface area contributed by atoms with Crippen molar-refractivity contribution in [1.82, 2.24) is 0 Å². The standard InChI is InChI=1S/C22H24O6S/c1-5-8-27-20-12-22-21(28-13-29-22)11-16(20)17(23)7-6-15-18(25-3)9-14(24-2)10-19(15)26-4/h6-7,9-12H,5,8,13H2,1-4H3. The highest BCUT2D eigenvalue weighted by molar-refractivity contribution is 7.99. The number of benzene rings is 2. The lowest BCUT2D eigenvalue weighted by Crippen LogP contribution is -2.03. The van der Waals surface area contributed by atoms with Crippen molar-refractivity contribution in [2.24, 2.45) is 0 Å². The molecule has 0 bridgehead atoms. The first-order chi connectivity index (χ1) is 14.1. The van der Waals surface area contributed by atoms with E-state index in [1.807, 2.05) is 13.0 Å². The molecule has 2 aromatic rings. The van der Waals surface area contributed by atoms with Gasteiger partial charge < -0.3 is 23.7 Å². The molecule has 0 amide bonds. The summed E-state index contributed by atoms with van der Waals surface area (Å²) in [6.07, 6.45) is 4.01. The second kappa shape index (κ2) is 9.60. The van der Waals surface area contributed by atoms with E-state index in [4.69, 9.17) is 23.7 Å². The van der Waals surface area contributed by atoms with Crippen molar-refractivity contribution in [3.63, 3.8) is 0 Å². The molecule has 0 unspecified atom stereocenters. The minimum atomic E-state index is -0.195. The predicted molar refractivity (Wildman–Crippen MR) is 113 cm³/mol. The molecule has 6 nitrogen and oxygen atoms in total. The molecule has 0 spiro atoms. The van der Waals surface area contributed by atoms with Crippen LogP contribution in [0.4, 0.5) is 0 Å². The number of methoxy groups -OCH3 is 3. The van der Waals surface area contributed by atoms with Crippen molar-refractivity contribution in [2.45, 2.75) is 18.2 Å². The molecule has 0 radical (unpaired) electrons. The van der Waals surface area contributed by atoms with Gasteiger partial charge in [0, 0.05) is 12.1 Å². The molecular weight excluding hydrogens is 392 g/mol. The molecule has 0 saturated heterocycles. The van der Waals surface area contributed by atoms with Gasteiger partial charge in [0.1, 0.15) is 34.7 Å². The predicted octanol–water partition coefficient (Wildman–Crippen LogP) is 4.84. The van der Waals surface area contributed by atoms with Crippen LogP contribution in [0.5, 0.6) is 28.7 Å². The van der Waals surface area contributed by atoms with Crippen LogP contribution in [0, 0.1) is 0 Å². The topological polar surface area (TPSA) is 63.2 Å². The zero-order valence-electron chi connectivity index (χ0n) is 16.9. The van der Waals surface area contributed by atoms with E-state index in [1.54, 1.807) is 57.4 Å². The molecule has 7 heteroatoms. The Hall–Kier alpha value is -2.80. The average molecular weight is 416 g/mol. The summed E-state index contributed by atoms with van der Waals surface area (Å²) in [7, 11) is 4.68. The van der Waals surface area contributed by atoms with Gasteiger partial charge in [-0.2, -0.15) is 0 Å². The monoisotopic (exact) mass is 416 g/mol. The van der Waals surface area contributed by atoms with E-state index in [2.05, 4.69) is 0 Å². The first-order valence-corrected chi connectivity index (χ1v) is 10.2. The molecule has 0 saturated carbocycles. The Morgan fingerprint density at radius 2 is 1.79 bits per heavy atom. The third-order valence-electron chi connectivity index (χ3n) is 4.36. The second-order valence-electron chi connectivity index (χ2n) is 6.19. The van der Waals surface area contributed by atoms with Gasteiger partial charge in [-0.15, -0.1) is 0 Å². The van der Waals surface area contributed by atoms with Crippen molar-refractivity contribution in [1.29, 1.82) is 0 Å². The van der Waals surface area contributed by atoms with Gasteiger partial charge in [-0.05, 0) is 30.7 Å². The van der Waals surface area contributed by atoms with Crippen molar-refractivity contribution < 1.29 is 28.5 Å². The molecule has 1 aliphatic heterocycles. The molecular formula is C22H24O6S. The fourth-order valence-electron chi connectivity index (χ4n) is 2.89. The Labute approximate surface area is 174 Å².